The average Bonchev–Trinajstić information content (AvgIpc) is 2.48. The van der Waals surface area contributed by atoms with Crippen molar-refractivity contribution >= 4 is 11.3 Å². The van der Waals surface area contributed by atoms with Gasteiger partial charge in [0.05, 0.1) is 12.2 Å². The van der Waals surface area contributed by atoms with Gasteiger partial charge in [0.15, 0.2) is 0 Å². The summed E-state index contributed by atoms with van der Waals surface area (Å²) in [7, 11) is 1.88. The largest absolute Gasteiger partial charge is 0.369 e. The van der Waals surface area contributed by atoms with E-state index in [1.54, 1.807) is 30.5 Å². The highest BCUT2D eigenvalue weighted by Crippen LogP contribution is 2.15. The Morgan fingerprint density at radius 1 is 1.19 bits per heavy atom. The highest BCUT2D eigenvalue weighted by atomic mass is 19.1. The maximum atomic E-state index is 12.9. The third-order valence-corrected chi connectivity index (χ3v) is 3.29. The van der Waals surface area contributed by atoms with Crippen molar-refractivity contribution in [3.8, 4) is 0 Å². The Hall–Kier alpha value is -2.69. The third-order valence-electron chi connectivity index (χ3n) is 3.29. The van der Waals surface area contributed by atoms with Gasteiger partial charge in [-0.15, -0.1) is 0 Å². The summed E-state index contributed by atoms with van der Waals surface area (Å²) in [5.41, 5.74) is 2.06. The molecule has 106 valence electrons. The first-order valence-electron chi connectivity index (χ1n) is 6.57. The highest BCUT2D eigenvalue weighted by Gasteiger charge is 2.06. The molecule has 0 N–H and O–H groups in total. The van der Waals surface area contributed by atoms with E-state index in [1.807, 2.05) is 18.0 Å². The highest BCUT2D eigenvalue weighted by molar-refractivity contribution is 5.46. The second kappa shape index (κ2) is 5.36. The van der Waals surface area contributed by atoms with Crippen LogP contribution in [0, 0.1) is 5.82 Å². The van der Waals surface area contributed by atoms with Gasteiger partial charge in [0, 0.05) is 25.0 Å². The molecule has 1 aromatic carbocycles. The third kappa shape index (κ3) is 2.76. The van der Waals surface area contributed by atoms with Gasteiger partial charge in [-0.1, -0.05) is 6.07 Å². The van der Waals surface area contributed by atoms with Gasteiger partial charge >= 0.3 is 0 Å². The van der Waals surface area contributed by atoms with E-state index >= 15 is 0 Å². The van der Waals surface area contributed by atoms with Crippen LogP contribution in [-0.4, -0.2) is 16.4 Å². The Morgan fingerprint density at radius 2 is 1.95 bits per heavy atom. The first-order chi connectivity index (χ1) is 10.1. The second-order valence-corrected chi connectivity index (χ2v) is 4.85. The molecule has 4 nitrogen and oxygen atoms in total. The number of rotatable bonds is 3. The summed E-state index contributed by atoms with van der Waals surface area (Å²) >= 11 is 0. The van der Waals surface area contributed by atoms with Crippen LogP contribution in [0.25, 0.3) is 5.65 Å². The van der Waals surface area contributed by atoms with E-state index in [2.05, 4.69) is 4.98 Å². The smallest absolute Gasteiger partial charge is 0.258 e. The van der Waals surface area contributed by atoms with E-state index in [1.165, 1.54) is 22.6 Å². The summed E-state index contributed by atoms with van der Waals surface area (Å²) in [5.74, 6) is -0.269. The average molecular weight is 283 g/mol. The number of anilines is 1. The number of hydrogen-bond donors (Lipinski definition) is 0. The van der Waals surface area contributed by atoms with Crippen molar-refractivity contribution in [3.05, 3.63) is 76.6 Å². The Labute approximate surface area is 121 Å². The van der Waals surface area contributed by atoms with Crippen LogP contribution in [0.1, 0.15) is 5.69 Å². The molecule has 0 aliphatic rings. The van der Waals surface area contributed by atoms with Gasteiger partial charge in [-0.3, -0.25) is 9.20 Å². The lowest BCUT2D eigenvalue weighted by Gasteiger charge is -2.18. The molecule has 0 aliphatic carbocycles. The lowest BCUT2D eigenvalue weighted by Crippen LogP contribution is -2.21. The van der Waals surface area contributed by atoms with Crippen molar-refractivity contribution in [2.24, 2.45) is 0 Å². The number of nitrogens with zero attached hydrogens (tertiary/aromatic N) is 3. The van der Waals surface area contributed by atoms with Gasteiger partial charge in [-0.05, 0) is 36.4 Å². The number of fused-ring (bicyclic) bond motifs is 1. The standard InChI is InChI=1S/C16H14FN3O/c1-19(14-7-5-12(17)6-8-14)11-13-10-16(21)20-9-3-2-4-15(20)18-13/h2-10H,11H2,1H3. The Balaban J connectivity index is 1.91. The molecule has 0 bridgehead atoms. The second-order valence-electron chi connectivity index (χ2n) is 4.85. The van der Waals surface area contributed by atoms with Crippen molar-refractivity contribution in [3.63, 3.8) is 0 Å². The van der Waals surface area contributed by atoms with Gasteiger partial charge in [-0.25, -0.2) is 9.37 Å². The molecule has 21 heavy (non-hydrogen) atoms. The Kier molecular flexibility index (Phi) is 3.39. The van der Waals surface area contributed by atoms with E-state index in [9.17, 15) is 9.18 Å². The molecule has 0 radical (unpaired) electrons. The van der Waals surface area contributed by atoms with E-state index in [4.69, 9.17) is 0 Å². The molecule has 3 aromatic rings. The van der Waals surface area contributed by atoms with Crippen molar-refractivity contribution in [2.45, 2.75) is 6.54 Å². The van der Waals surface area contributed by atoms with Gasteiger partial charge in [-0.2, -0.15) is 0 Å². The fourth-order valence-electron chi connectivity index (χ4n) is 2.21. The molecule has 0 spiro atoms. The Bertz CT molecular complexity index is 827. The van der Waals surface area contributed by atoms with Crippen molar-refractivity contribution < 1.29 is 4.39 Å². The van der Waals surface area contributed by atoms with E-state index < -0.39 is 0 Å². The normalized spacial score (nSPS) is 10.8. The summed E-state index contributed by atoms with van der Waals surface area (Å²) in [6.45, 7) is 0.478. The van der Waals surface area contributed by atoms with E-state index in [0.29, 0.717) is 17.9 Å². The molecular weight excluding hydrogens is 269 g/mol. The molecule has 0 atom stereocenters. The van der Waals surface area contributed by atoms with Crippen LogP contribution in [0.5, 0.6) is 0 Å². The Morgan fingerprint density at radius 3 is 2.71 bits per heavy atom. The van der Waals surface area contributed by atoms with Gasteiger partial charge in [0.1, 0.15) is 11.5 Å². The molecule has 0 amide bonds. The van der Waals surface area contributed by atoms with Crippen LogP contribution in [0.4, 0.5) is 10.1 Å². The fraction of sp³-hybridized carbons (Fsp3) is 0.125. The predicted octanol–water partition coefficient (Wildman–Crippen LogP) is 2.47. The quantitative estimate of drug-likeness (QED) is 0.741. The van der Waals surface area contributed by atoms with Crippen LogP contribution in [-0.2, 0) is 6.54 Å². The van der Waals surface area contributed by atoms with Crippen molar-refractivity contribution in [1.29, 1.82) is 0 Å². The summed E-state index contributed by atoms with van der Waals surface area (Å²) < 4.78 is 14.4. The molecule has 3 rings (SSSR count). The first-order valence-corrected chi connectivity index (χ1v) is 6.57. The van der Waals surface area contributed by atoms with Crippen molar-refractivity contribution in [2.75, 3.05) is 11.9 Å². The summed E-state index contributed by atoms with van der Waals surface area (Å²) in [6.07, 6.45) is 1.69. The molecule has 0 saturated carbocycles. The fourth-order valence-corrected chi connectivity index (χ4v) is 2.21. The van der Waals surface area contributed by atoms with Gasteiger partial charge < -0.3 is 4.90 Å². The molecule has 0 unspecified atom stereocenters. The van der Waals surface area contributed by atoms with Crippen molar-refractivity contribution in [1.82, 2.24) is 9.38 Å². The zero-order valence-electron chi connectivity index (χ0n) is 11.5. The van der Waals surface area contributed by atoms with Crippen LogP contribution in [0.2, 0.25) is 0 Å². The molecule has 0 saturated heterocycles. The minimum Gasteiger partial charge on any atom is -0.369 e. The maximum Gasteiger partial charge on any atom is 0.258 e. The SMILES string of the molecule is CN(Cc1cc(=O)n2ccccc2n1)c1ccc(F)cc1. The van der Waals surface area contributed by atoms with Crippen LogP contribution >= 0.6 is 0 Å². The zero-order valence-corrected chi connectivity index (χ0v) is 11.5. The molecule has 2 aromatic heterocycles. The molecule has 5 heteroatoms. The van der Waals surface area contributed by atoms with E-state index in [0.717, 1.165) is 5.69 Å². The van der Waals surface area contributed by atoms with Crippen LogP contribution in [0.3, 0.4) is 0 Å². The minimum atomic E-state index is -0.269. The number of pyridine rings is 1. The summed E-state index contributed by atoms with van der Waals surface area (Å²) in [5, 5.41) is 0. The monoisotopic (exact) mass is 283 g/mol. The van der Waals surface area contributed by atoms with E-state index in [-0.39, 0.29) is 11.4 Å². The molecule has 0 fully saturated rings. The molecular formula is C16H14FN3O. The first kappa shape index (κ1) is 13.3. The van der Waals surface area contributed by atoms with Gasteiger partial charge in [0.2, 0.25) is 0 Å². The van der Waals surface area contributed by atoms with Crippen LogP contribution in [0.15, 0.2) is 59.5 Å². The molecule has 2 heterocycles. The number of halogens is 1. The topological polar surface area (TPSA) is 37.6 Å². The summed E-state index contributed by atoms with van der Waals surface area (Å²) in [6, 6.07) is 13.2. The molecule has 0 aliphatic heterocycles. The predicted molar refractivity (Wildman–Crippen MR) is 80.0 cm³/mol. The van der Waals surface area contributed by atoms with Crippen LogP contribution < -0.4 is 10.5 Å². The lowest BCUT2D eigenvalue weighted by molar-refractivity contribution is 0.627. The lowest BCUT2D eigenvalue weighted by atomic mass is 10.2. The zero-order chi connectivity index (χ0) is 14.8. The summed E-state index contributed by atoms with van der Waals surface area (Å²) in [4.78, 5) is 18.4. The number of hydrogen-bond acceptors (Lipinski definition) is 3. The number of aromatic nitrogens is 2. The minimum absolute atomic E-state index is 0.108. The maximum absolute atomic E-state index is 12.9. The van der Waals surface area contributed by atoms with Gasteiger partial charge in [0.25, 0.3) is 5.56 Å². The number of benzene rings is 1.